The molecule has 1 nitrogen and oxygen atoms in total. The lowest BCUT2D eigenvalue weighted by molar-refractivity contribution is -0.659. The van der Waals surface area contributed by atoms with Crippen LogP contribution in [0.25, 0.3) is 22.0 Å². The van der Waals surface area contributed by atoms with Crippen LogP contribution in [0, 0.1) is 13.8 Å². The van der Waals surface area contributed by atoms with Crippen LogP contribution in [0.5, 0.6) is 0 Å². The van der Waals surface area contributed by atoms with Gasteiger partial charge in [-0.05, 0) is 53.5 Å². The molecule has 1 aliphatic rings. The number of pyridine rings is 1. The van der Waals surface area contributed by atoms with E-state index in [1.807, 2.05) is 0 Å². The highest BCUT2D eigenvalue weighted by atomic mass is 28.3. The Morgan fingerprint density at radius 3 is 2.29 bits per heavy atom. The smallest absolute Gasteiger partial charge is 0.200 e. The van der Waals surface area contributed by atoms with E-state index in [4.69, 9.17) is 0 Å². The van der Waals surface area contributed by atoms with Gasteiger partial charge in [-0.25, -0.2) is 4.57 Å². The fourth-order valence-corrected chi connectivity index (χ4v) is 7.60. The standard InChI is InChI=1S/C26H34NSi/c1-18-15-21(26(3,4)5)17-24(19(18)2)25-23-10-9-22(28(7)13-8-14-28)16-20(23)11-12-27(25)6/h9-12,15-17H,8,13-14H2,1-7H3/q+1. The van der Waals surface area contributed by atoms with Crippen molar-refractivity contribution in [2.24, 2.45) is 7.05 Å². The third kappa shape index (κ3) is 3.12. The Labute approximate surface area is 171 Å². The Hall–Kier alpha value is -1.93. The van der Waals surface area contributed by atoms with Crippen molar-refractivity contribution in [3.8, 4) is 11.3 Å². The van der Waals surface area contributed by atoms with E-state index < -0.39 is 8.07 Å². The summed E-state index contributed by atoms with van der Waals surface area (Å²) in [6, 6.07) is 17.3. The van der Waals surface area contributed by atoms with Gasteiger partial charge in [0.25, 0.3) is 0 Å². The number of aryl methyl sites for hydroxylation is 2. The van der Waals surface area contributed by atoms with Gasteiger partial charge in [0, 0.05) is 6.07 Å². The number of nitrogens with zero attached hydrogens (tertiary/aromatic N) is 1. The van der Waals surface area contributed by atoms with Gasteiger partial charge >= 0.3 is 0 Å². The normalized spacial score (nSPS) is 16.2. The highest BCUT2D eigenvalue weighted by Gasteiger charge is 2.36. The molecular weight excluding hydrogens is 354 g/mol. The molecule has 0 aliphatic carbocycles. The van der Waals surface area contributed by atoms with Crippen LogP contribution < -0.4 is 9.75 Å². The molecule has 0 unspecified atom stereocenters. The second-order valence-corrected chi connectivity index (χ2v) is 14.9. The monoisotopic (exact) mass is 388 g/mol. The fraction of sp³-hybridized carbons (Fsp3) is 0.423. The summed E-state index contributed by atoms with van der Waals surface area (Å²) >= 11 is 0. The van der Waals surface area contributed by atoms with Crippen molar-refractivity contribution in [3.05, 3.63) is 59.3 Å². The fourth-order valence-electron chi connectivity index (χ4n) is 4.62. The maximum Gasteiger partial charge on any atom is 0.220 e. The van der Waals surface area contributed by atoms with Crippen LogP contribution in [0.2, 0.25) is 18.6 Å². The SMILES string of the molecule is Cc1cc(C(C)(C)C)cc(-c2c3ccc([Si]4(C)CCC4)cc3cc[n+]2C)c1C. The van der Waals surface area contributed by atoms with Gasteiger partial charge in [0.2, 0.25) is 5.69 Å². The average Bonchev–Trinajstić information content (AvgIpc) is 2.61. The first-order chi connectivity index (χ1) is 13.1. The molecule has 0 radical (unpaired) electrons. The molecule has 4 rings (SSSR count). The van der Waals surface area contributed by atoms with Crippen LogP contribution in [0.15, 0.2) is 42.6 Å². The minimum Gasteiger partial charge on any atom is -0.200 e. The molecule has 0 bridgehead atoms. The Morgan fingerprint density at radius 2 is 1.68 bits per heavy atom. The molecule has 28 heavy (non-hydrogen) atoms. The zero-order valence-electron chi connectivity index (χ0n) is 18.6. The van der Waals surface area contributed by atoms with Gasteiger partial charge < -0.3 is 0 Å². The first kappa shape index (κ1) is 19.4. The minimum absolute atomic E-state index is 0.147. The lowest BCUT2D eigenvalue weighted by Gasteiger charge is -2.36. The van der Waals surface area contributed by atoms with E-state index in [0.717, 1.165) is 0 Å². The molecule has 0 saturated carbocycles. The molecule has 146 valence electrons. The first-order valence-corrected chi connectivity index (χ1v) is 13.6. The molecule has 2 aromatic carbocycles. The lowest BCUT2D eigenvalue weighted by atomic mass is 9.83. The maximum absolute atomic E-state index is 2.56. The van der Waals surface area contributed by atoms with Crippen LogP contribution in [-0.2, 0) is 12.5 Å². The van der Waals surface area contributed by atoms with Crippen LogP contribution >= 0.6 is 0 Å². The Kier molecular flexibility index (Phi) is 4.54. The number of hydrogen-bond donors (Lipinski definition) is 0. The molecule has 1 fully saturated rings. The maximum atomic E-state index is 2.56. The molecule has 0 atom stereocenters. The molecule has 0 spiro atoms. The van der Waals surface area contributed by atoms with E-state index in [1.54, 1.807) is 5.19 Å². The lowest BCUT2D eigenvalue weighted by Crippen LogP contribution is -2.50. The van der Waals surface area contributed by atoms with E-state index in [1.165, 1.54) is 57.2 Å². The highest BCUT2D eigenvalue weighted by molar-refractivity contribution is 6.93. The second-order valence-electron chi connectivity index (χ2n) is 10.2. The van der Waals surface area contributed by atoms with Crippen molar-refractivity contribution >= 4 is 24.0 Å². The summed E-state index contributed by atoms with van der Waals surface area (Å²) in [6.07, 6.45) is 3.67. The third-order valence-electron chi connectivity index (χ3n) is 7.08. The first-order valence-electron chi connectivity index (χ1n) is 10.7. The summed E-state index contributed by atoms with van der Waals surface area (Å²) < 4.78 is 2.30. The topological polar surface area (TPSA) is 3.88 Å². The zero-order chi connectivity index (χ0) is 20.3. The van der Waals surface area contributed by atoms with Gasteiger partial charge in [-0.1, -0.05) is 69.2 Å². The molecule has 1 saturated heterocycles. The second kappa shape index (κ2) is 6.55. The van der Waals surface area contributed by atoms with Crippen molar-refractivity contribution < 1.29 is 4.57 Å². The van der Waals surface area contributed by atoms with Crippen LogP contribution in [0.1, 0.15) is 43.9 Å². The quantitative estimate of drug-likeness (QED) is 0.378. The highest BCUT2D eigenvalue weighted by Crippen LogP contribution is 2.35. The number of rotatable bonds is 2. The summed E-state index contributed by atoms with van der Waals surface area (Å²) in [5.74, 6) is 0. The Morgan fingerprint density at radius 1 is 0.964 bits per heavy atom. The van der Waals surface area contributed by atoms with E-state index in [0.29, 0.717) is 0 Å². The Balaban J connectivity index is 1.96. The van der Waals surface area contributed by atoms with Crippen molar-refractivity contribution in [2.75, 3.05) is 0 Å². The molecule has 3 aromatic rings. The van der Waals surface area contributed by atoms with Crippen LogP contribution in [0.4, 0.5) is 0 Å². The van der Waals surface area contributed by atoms with Crippen molar-refractivity contribution in [1.29, 1.82) is 0 Å². The predicted molar refractivity (Wildman–Crippen MR) is 124 cm³/mol. The summed E-state index contributed by atoms with van der Waals surface area (Å²) in [7, 11) is 1.02. The Bertz CT molecular complexity index is 1070. The summed E-state index contributed by atoms with van der Waals surface area (Å²) in [5, 5.41) is 4.41. The largest absolute Gasteiger partial charge is 0.220 e. The van der Waals surface area contributed by atoms with Crippen molar-refractivity contribution in [3.63, 3.8) is 0 Å². The van der Waals surface area contributed by atoms with E-state index in [2.05, 4.69) is 95.4 Å². The third-order valence-corrected chi connectivity index (χ3v) is 11.7. The van der Waals surface area contributed by atoms with Gasteiger partial charge in [-0.3, -0.25) is 0 Å². The van der Waals surface area contributed by atoms with Crippen LogP contribution in [-0.4, -0.2) is 8.07 Å². The number of hydrogen-bond acceptors (Lipinski definition) is 0. The molecule has 0 amide bonds. The molecule has 0 N–H and O–H groups in total. The summed E-state index contributed by atoms with van der Waals surface area (Å²) in [4.78, 5) is 0. The molecule has 1 aliphatic heterocycles. The van der Waals surface area contributed by atoms with Gasteiger partial charge in [0.1, 0.15) is 7.05 Å². The molecule has 2 heterocycles. The summed E-state index contributed by atoms with van der Waals surface area (Å²) in [6.45, 7) is 14.0. The molecular formula is C26H34NSi+. The number of fused-ring (bicyclic) bond motifs is 1. The molecule has 1 aromatic heterocycles. The van der Waals surface area contributed by atoms with Gasteiger partial charge in [-0.2, -0.15) is 0 Å². The van der Waals surface area contributed by atoms with E-state index in [-0.39, 0.29) is 5.41 Å². The number of aromatic nitrogens is 1. The van der Waals surface area contributed by atoms with Gasteiger partial charge in [0.05, 0.1) is 19.0 Å². The summed E-state index contributed by atoms with van der Waals surface area (Å²) in [5.41, 5.74) is 7.04. The van der Waals surface area contributed by atoms with Crippen LogP contribution in [0.3, 0.4) is 0 Å². The van der Waals surface area contributed by atoms with Gasteiger partial charge in [-0.15, -0.1) is 0 Å². The predicted octanol–water partition coefficient (Wildman–Crippen LogP) is 5.93. The van der Waals surface area contributed by atoms with E-state index >= 15 is 0 Å². The zero-order valence-corrected chi connectivity index (χ0v) is 19.6. The van der Waals surface area contributed by atoms with Gasteiger partial charge in [0.15, 0.2) is 6.20 Å². The molecule has 2 heteroatoms. The van der Waals surface area contributed by atoms with Crippen molar-refractivity contribution in [2.45, 2.75) is 65.1 Å². The minimum atomic E-state index is -1.16. The number of benzene rings is 2. The van der Waals surface area contributed by atoms with Crippen molar-refractivity contribution in [1.82, 2.24) is 0 Å². The average molecular weight is 389 g/mol. The van der Waals surface area contributed by atoms with E-state index in [9.17, 15) is 0 Å².